The average Bonchev–Trinajstić information content (AvgIpc) is 2.98. The minimum absolute atomic E-state index is 0. The number of H-pyrrole nitrogens is 1. The van der Waals surface area contributed by atoms with Gasteiger partial charge in [0.25, 0.3) is 5.91 Å². The van der Waals surface area contributed by atoms with Gasteiger partial charge in [-0.2, -0.15) is 5.10 Å². The number of aromatic nitrogens is 2. The van der Waals surface area contributed by atoms with Crippen molar-refractivity contribution in [3.05, 3.63) is 41.2 Å². The van der Waals surface area contributed by atoms with Crippen molar-refractivity contribution in [3.63, 3.8) is 0 Å². The smallest absolute Gasteiger partial charge is 0.276 e. The van der Waals surface area contributed by atoms with E-state index in [-0.39, 0.29) is 24.1 Å². The van der Waals surface area contributed by atoms with Crippen molar-refractivity contribution in [2.75, 3.05) is 22.3 Å². The molecule has 1 aliphatic heterocycles. The molecule has 1 aliphatic rings. The molecule has 0 radical (unpaired) electrons. The summed E-state index contributed by atoms with van der Waals surface area (Å²) >= 11 is 0. The number of halogens is 1. The van der Waals surface area contributed by atoms with Gasteiger partial charge in [-0.15, -0.1) is 12.4 Å². The summed E-state index contributed by atoms with van der Waals surface area (Å²) in [7, 11) is -3.37. The molecule has 2 aromatic rings. The highest BCUT2D eigenvalue weighted by molar-refractivity contribution is 7.92. The summed E-state index contributed by atoms with van der Waals surface area (Å²) < 4.78 is 26.2. The van der Waals surface area contributed by atoms with Crippen LogP contribution in [-0.2, 0) is 23.0 Å². The highest BCUT2D eigenvalue weighted by atomic mass is 35.5. The first kappa shape index (κ1) is 20.2. The SMILES string of the molecule is CCCS(=O)(=O)Nc1cccc(NC(=O)c2n[nH]c3c2CNCC3)c1.Cl. The van der Waals surface area contributed by atoms with E-state index >= 15 is 0 Å². The quantitative estimate of drug-likeness (QED) is 0.591. The minimum atomic E-state index is -3.37. The van der Waals surface area contributed by atoms with E-state index < -0.39 is 10.0 Å². The van der Waals surface area contributed by atoms with Crippen molar-refractivity contribution in [2.24, 2.45) is 0 Å². The number of amides is 1. The Morgan fingerprint density at radius 3 is 2.85 bits per heavy atom. The van der Waals surface area contributed by atoms with Crippen molar-refractivity contribution >= 4 is 39.7 Å². The van der Waals surface area contributed by atoms with Gasteiger partial charge in [-0.25, -0.2) is 8.42 Å². The Hall–Kier alpha value is -2.10. The first-order chi connectivity index (χ1) is 12.0. The van der Waals surface area contributed by atoms with Gasteiger partial charge in [-0.3, -0.25) is 14.6 Å². The standard InChI is InChI=1S/C16H21N5O3S.ClH/c1-2-8-25(23,24)21-12-5-3-4-11(9-12)18-16(22)15-13-10-17-7-6-14(13)19-20-15;/h3-5,9,17,21H,2,6-8,10H2,1H3,(H,18,22)(H,19,20);1H. The third kappa shape index (κ3) is 4.75. The van der Waals surface area contributed by atoms with Gasteiger partial charge in [0.2, 0.25) is 10.0 Å². The molecule has 2 heterocycles. The molecule has 0 unspecified atom stereocenters. The molecule has 0 saturated carbocycles. The third-order valence-electron chi connectivity index (χ3n) is 3.89. The lowest BCUT2D eigenvalue weighted by Crippen LogP contribution is -2.25. The Bertz CT molecular complexity index is 882. The molecule has 142 valence electrons. The molecule has 0 saturated heterocycles. The second-order valence-electron chi connectivity index (χ2n) is 5.91. The van der Waals surface area contributed by atoms with Gasteiger partial charge in [0.05, 0.1) is 11.4 Å². The van der Waals surface area contributed by atoms with Gasteiger partial charge in [0.15, 0.2) is 5.69 Å². The number of hydrogen-bond donors (Lipinski definition) is 4. The van der Waals surface area contributed by atoms with Crippen molar-refractivity contribution in [1.82, 2.24) is 15.5 Å². The second kappa shape index (κ2) is 8.52. The molecule has 26 heavy (non-hydrogen) atoms. The molecule has 4 N–H and O–H groups in total. The zero-order valence-corrected chi connectivity index (χ0v) is 16.0. The molecular weight excluding hydrogens is 378 g/mol. The molecule has 0 aliphatic carbocycles. The maximum Gasteiger partial charge on any atom is 0.276 e. The van der Waals surface area contributed by atoms with Crippen LogP contribution in [0.3, 0.4) is 0 Å². The molecule has 1 aromatic heterocycles. The van der Waals surface area contributed by atoms with Crippen LogP contribution in [0, 0.1) is 0 Å². The molecule has 3 rings (SSSR count). The number of benzene rings is 1. The van der Waals surface area contributed by atoms with Crippen molar-refractivity contribution < 1.29 is 13.2 Å². The number of carbonyl (C=O) groups is 1. The van der Waals surface area contributed by atoms with Gasteiger partial charge in [-0.1, -0.05) is 13.0 Å². The zero-order valence-electron chi connectivity index (χ0n) is 14.3. The van der Waals surface area contributed by atoms with Gasteiger partial charge in [-0.05, 0) is 24.6 Å². The van der Waals surface area contributed by atoms with Crippen molar-refractivity contribution in [3.8, 4) is 0 Å². The van der Waals surface area contributed by atoms with Crippen LogP contribution in [0.25, 0.3) is 0 Å². The van der Waals surface area contributed by atoms with Gasteiger partial charge >= 0.3 is 0 Å². The van der Waals surface area contributed by atoms with E-state index in [0.717, 1.165) is 24.2 Å². The van der Waals surface area contributed by atoms with Crippen LogP contribution in [0.2, 0.25) is 0 Å². The number of aromatic amines is 1. The number of carbonyl (C=O) groups excluding carboxylic acids is 1. The van der Waals surface area contributed by atoms with Crippen LogP contribution in [0.5, 0.6) is 0 Å². The summed E-state index contributed by atoms with van der Waals surface area (Å²) in [6.07, 6.45) is 1.34. The Balaban J connectivity index is 0.00000243. The number of fused-ring (bicyclic) bond motifs is 1. The molecule has 0 fully saturated rings. The first-order valence-electron chi connectivity index (χ1n) is 8.17. The molecule has 0 bridgehead atoms. The van der Waals surface area contributed by atoms with Crippen LogP contribution >= 0.6 is 12.4 Å². The summed E-state index contributed by atoms with van der Waals surface area (Å²) in [4.78, 5) is 12.5. The molecule has 0 spiro atoms. The van der Waals surface area contributed by atoms with Crippen molar-refractivity contribution in [1.29, 1.82) is 0 Å². The lowest BCUT2D eigenvalue weighted by atomic mass is 10.1. The summed E-state index contributed by atoms with van der Waals surface area (Å²) in [6, 6.07) is 6.61. The van der Waals surface area contributed by atoms with Gasteiger partial charge < -0.3 is 10.6 Å². The number of nitrogens with one attached hydrogen (secondary N) is 4. The third-order valence-corrected chi connectivity index (χ3v) is 5.38. The number of sulfonamides is 1. The second-order valence-corrected chi connectivity index (χ2v) is 7.75. The number of anilines is 2. The Labute approximate surface area is 158 Å². The number of hydrogen-bond acceptors (Lipinski definition) is 5. The Morgan fingerprint density at radius 1 is 1.31 bits per heavy atom. The van der Waals surface area contributed by atoms with E-state index in [0.29, 0.717) is 30.0 Å². The van der Waals surface area contributed by atoms with Gasteiger partial charge in [0, 0.05) is 36.5 Å². The Kier molecular flexibility index (Phi) is 6.63. The highest BCUT2D eigenvalue weighted by Crippen LogP contribution is 2.20. The largest absolute Gasteiger partial charge is 0.321 e. The maximum atomic E-state index is 12.5. The molecule has 1 aromatic carbocycles. The zero-order chi connectivity index (χ0) is 17.9. The van der Waals surface area contributed by atoms with E-state index in [4.69, 9.17) is 0 Å². The van der Waals surface area contributed by atoms with E-state index in [1.165, 1.54) is 0 Å². The molecule has 8 nitrogen and oxygen atoms in total. The van der Waals surface area contributed by atoms with E-state index in [1.807, 2.05) is 0 Å². The fraction of sp³-hybridized carbons (Fsp3) is 0.375. The van der Waals surface area contributed by atoms with E-state index in [2.05, 4.69) is 25.6 Å². The normalized spacial score (nSPS) is 13.4. The fourth-order valence-corrected chi connectivity index (χ4v) is 3.89. The summed E-state index contributed by atoms with van der Waals surface area (Å²) in [6.45, 7) is 3.26. The van der Waals surface area contributed by atoms with Crippen molar-refractivity contribution in [2.45, 2.75) is 26.3 Å². The Morgan fingerprint density at radius 2 is 2.08 bits per heavy atom. The minimum Gasteiger partial charge on any atom is -0.321 e. The lowest BCUT2D eigenvalue weighted by molar-refractivity contribution is 0.102. The molecular formula is C16H22ClN5O3S. The lowest BCUT2D eigenvalue weighted by Gasteiger charge is -2.13. The van der Waals surface area contributed by atoms with Gasteiger partial charge in [0.1, 0.15) is 0 Å². The van der Waals surface area contributed by atoms with E-state index in [1.54, 1.807) is 31.2 Å². The van der Waals surface area contributed by atoms with Crippen LogP contribution in [-0.4, -0.2) is 36.8 Å². The van der Waals surface area contributed by atoms with Crippen LogP contribution in [0.1, 0.15) is 35.1 Å². The topological polar surface area (TPSA) is 116 Å². The van der Waals surface area contributed by atoms with Crippen LogP contribution in [0.4, 0.5) is 11.4 Å². The molecule has 10 heteroatoms. The van der Waals surface area contributed by atoms with Crippen LogP contribution < -0.4 is 15.4 Å². The summed E-state index contributed by atoms with van der Waals surface area (Å²) in [5.74, 6) is -0.273. The molecule has 0 atom stereocenters. The summed E-state index contributed by atoms with van der Waals surface area (Å²) in [5, 5.41) is 13.0. The number of nitrogens with zero attached hydrogens (tertiary/aromatic N) is 1. The molecule has 1 amide bonds. The highest BCUT2D eigenvalue weighted by Gasteiger charge is 2.21. The first-order valence-corrected chi connectivity index (χ1v) is 9.82. The fourth-order valence-electron chi connectivity index (χ4n) is 2.76. The predicted molar refractivity (Wildman–Crippen MR) is 103 cm³/mol. The van der Waals surface area contributed by atoms with Crippen LogP contribution in [0.15, 0.2) is 24.3 Å². The monoisotopic (exact) mass is 399 g/mol. The van der Waals surface area contributed by atoms with E-state index in [9.17, 15) is 13.2 Å². The average molecular weight is 400 g/mol. The predicted octanol–water partition coefficient (Wildman–Crippen LogP) is 1.88. The number of rotatable bonds is 6. The summed E-state index contributed by atoms with van der Waals surface area (Å²) in [5.41, 5.74) is 3.13. The maximum absolute atomic E-state index is 12.5.